The van der Waals surface area contributed by atoms with Crippen molar-refractivity contribution < 1.29 is 18.0 Å². The predicted molar refractivity (Wildman–Crippen MR) is 99.9 cm³/mol. The summed E-state index contributed by atoms with van der Waals surface area (Å²) in [7, 11) is -3.66. The minimum Gasteiger partial charge on any atom is -0.366 e. The fourth-order valence-corrected chi connectivity index (χ4v) is 3.57. The molecule has 7 nitrogen and oxygen atoms in total. The standard InChI is InChI=1S/C16H16BrN3O4S/c1-25(23,24)20(14-5-3-2-4-13(14)17)10-15(21)19-12-8-6-11(7-9-12)16(18)22/h2-9H,10H2,1H3,(H2,18,22)(H,19,21). The van der Waals surface area contributed by atoms with Crippen LogP contribution in [-0.4, -0.2) is 33.0 Å². The number of amides is 2. The van der Waals surface area contributed by atoms with Crippen LogP contribution in [0.4, 0.5) is 11.4 Å². The highest BCUT2D eigenvalue weighted by molar-refractivity contribution is 9.10. The molecule has 25 heavy (non-hydrogen) atoms. The maximum absolute atomic E-state index is 12.2. The summed E-state index contributed by atoms with van der Waals surface area (Å²) in [5.74, 6) is -1.09. The second kappa shape index (κ2) is 7.66. The van der Waals surface area contributed by atoms with E-state index in [-0.39, 0.29) is 6.54 Å². The Morgan fingerprint density at radius 1 is 1.12 bits per heavy atom. The first kappa shape index (κ1) is 18.9. The zero-order valence-corrected chi connectivity index (χ0v) is 15.7. The van der Waals surface area contributed by atoms with Crippen molar-refractivity contribution in [3.8, 4) is 0 Å². The quantitative estimate of drug-likeness (QED) is 0.736. The molecule has 0 spiro atoms. The van der Waals surface area contributed by atoms with Gasteiger partial charge in [-0.3, -0.25) is 13.9 Å². The van der Waals surface area contributed by atoms with Gasteiger partial charge in [-0.25, -0.2) is 8.42 Å². The fraction of sp³-hybridized carbons (Fsp3) is 0.125. The third-order valence-corrected chi connectivity index (χ3v) is 5.06. The number of sulfonamides is 1. The van der Waals surface area contributed by atoms with Gasteiger partial charge in [-0.1, -0.05) is 12.1 Å². The molecule has 0 unspecified atom stereocenters. The van der Waals surface area contributed by atoms with E-state index in [2.05, 4.69) is 21.2 Å². The largest absolute Gasteiger partial charge is 0.366 e. The van der Waals surface area contributed by atoms with Crippen molar-refractivity contribution in [3.05, 3.63) is 58.6 Å². The Labute approximate surface area is 154 Å². The molecule has 0 heterocycles. The minimum absolute atomic E-state index is 0.309. The fourth-order valence-electron chi connectivity index (χ4n) is 2.08. The van der Waals surface area contributed by atoms with Crippen molar-refractivity contribution >= 4 is 49.1 Å². The molecule has 0 aliphatic rings. The minimum atomic E-state index is -3.66. The van der Waals surface area contributed by atoms with Crippen LogP contribution in [0.3, 0.4) is 0 Å². The first-order valence-electron chi connectivity index (χ1n) is 7.10. The van der Waals surface area contributed by atoms with Gasteiger partial charge in [0, 0.05) is 15.7 Å². The highest BCUT2D eigenvalue weighted by atomic mass is 79.9. The zero-order valence-electron chi connectivity index (χ0n) is 13.3. The van der Waals surface area contributed by atoms with Crippen molar-refractivity contribution in [1.82, 2.24) is 0 Å². The van der Waals surface area contributed by atoms with Crippen molar-refractivity contribution in [1.29, 1.82) is 0 Å². The van der Waals surface area contributed by atoms with Gasteiger partial charge in [0.25, 0.3) is 0 Å². The average Bonchev–Trinajstić information content (AvgIpc) is 2.53. The lowest BCUT2D eigenvalue weighted by Crippen LogP contribution is -2.37. The van der Waals surface area contributed by atoms with Crippen molar-refractivity contribution in [2.45, 2.75) is 0 Å². The molecule has 0 aliphatic heterocycles. The Bertz CT molecular complexity index is 898. The third kappa shape index (κ3) is 5.04. The summed E-state index contributed by atoms with van der Waals surface area (Å²) in [6.45, 7) is -0.390. The number of rotatable bonds is 6. The average molecular weight is 426 g/mol. The van der Waals surface area contributed by atoms with E-state index < -0.39 is 21.8 Å². The van der Waals surface area contributed by atoms with E-state index in [0.29, 0.717) is 21.4 Å². The molecule has 2 amide bonds. The molecule has 0 atom stereocenters. The number of nitrogens with one attached hydrogen (secondary N) is 1. The van der Waals surface area contributed by atoms with Crippen LogP contribution in [0.15, 0.2) is 53.0 Å². The van der Waals surface area contributed by atoms with E-state index in [0.717, 1.165) is 10.6 Å². The SMILES string of the molecule is CS(=O)(=O)N(CC(=O)Nc1ccc(C(N)=O)cc1)c1ccccc1Br. The van der Waals surface area contributed by atoms with E-state index in [1.54, 1.807) is 24.3 Å². The molecule has 0 fully saturated rings. The van der Waals surface area contributed by atoms with Gasteiger partial charge in [-0.15, -0.1) is 0 Å². The van der Waals surface area contributed by atoms with Crippen LogP contribution in [0.1, 0.15) is 10.4 Å². The van der Waals surface area contributed by atoms with E-state index in [9.17, 15) is 18.0 Å². The van der Waals surface area contributed by atoms with Gasteiger partial charge in [-0.05, 0) is 52.3 Å². The van der Waals surface area contributed by atoms with Crippen LogP contribution in [0, 0.1) is 0 Å². The predicted octanol–water partition coefficient (Wildman–Crippen LogP) is 1.95. The summed E-state index contributed by atoms with van der Waals surface area (Å²) in [6.07, 6.45) is 1.03. The molecule has 0 saturated heterocycles. The molecule has 3 N–H and O–H groups in total. The van der Waals surface area contributed by atoms with Crippen LogP contribution in [-0.2, 0) is 14.8 Å². The molecule has 0 aliphatic carbocycles. The van der Waals surface area contributed by atoms with Gasteiger partial charge in [0.2, 0.25) is 21.8 Å². The molecule has 0 bridgehead atoms. The maximum Gasteiger partial charge on any atom is 0.248 e. The Morgan fingerprint density at radius 3 is 2.24 bits per heavy atom. The Kier molecular flexibility index (Phi) is 5.81. The second-order valence-electron chi connectivity index (χ2n) is 5.21. The van der Waals surface area contributed by atoms with Gasteiger partial charge < -0.3 is 11.1 Å². The van der Waals surface area contributed by atoms with E-state index in [1.807, 2.05) is 0 Å². The van der Waals surface area contributed by atoms with Crippen LogP contribution in [0.2, 0.25) is 0 Å². The number of carbonyl (C=O) groups excluding carboxylic acids is 2. The molecular weight excluding hydrogens is 410 g/mol. The first-order valence-corrected chi connectivity index (χ1v) is 9.74. The Balaban J connectivity index is 2.18. The molecule has 2 rings (SSSR count). The number of primary amides is 1. The smallest absolute Gasteiger partial charge is 0.248 e. The highest BCUT2D eigenvalue weighted by Crippen LogP contribution is 2.27. The normalized spacial score (nSPS) is 11.0. The number of anilines is 2. The Hall–Kier alpha value is -2.39. The first-order chi connectivity index (χ1) is 11.7. The summed E-state index contributed by atoms with van der Waals surface area (Å²) >= 11 is 3.29. The Morgan fingerprint density at radius 2 is 1.72 bits per heavy atom. The van der Waals surface area contributed by atoms with Crippen LogP contribution in [0.25, 0.3) is 0 Å². The number of carbonyl (C=O) groups is 2. The van der Waals surface area contributed by atoms with E-state index in [4.69, 9.17) is 5.73 Å². The summed E-state index contributed by atoms with van der Waals surface area (Å²) in [6, 6.07) is 12.7. The van der Waals surface area contributed by atoms with Crippen molar-refractivity contribution in [2.75, 3.05) is 22.4 Å². The number of benzene rings is 2. The monoisotopic (exact) mass is 425 g/mol. The number of hydrogen-bond acceptors (Lipinski definition) is 4. The molecule has 2 aromatic carbocycles. The lowest BCUT2D eigenvalue weighted by Gasteiger charge is -2.23. The molecule has 0 saturated carbocycles. The number of halogens is 1. The van der Waals surface area contributed by atoms with Gasteiger partial charge >= 0.3 is 0 Å². The number of hydrogen-bond donors (Lipinski definition) is 2. The highest BCUT2D eigenvalue weighted by Gasteiger charge is 2.22. The van der Waals surface area contributed by atoms with Gasteiger partial charge in [0.05, 0.1) is 11.9 Å². The number of nitrogens with two attached hydrogens (primary N) is 1. The molecule has 9 heteroatoms. The van der Waals surface area contributed by atoms with Gasteiger partial charge in [-0.2, -0.15) is 0 Å². The van der Waals surface area contributed by atoms with Gasteiger partial charge in [0.1, 0.15) is 6.54 Å². The topological polar surface area (TPSA) is 110 Å². The number of para-hydroxylation sites is 1. The summed E-state index contributed by atoms with van der Waals surface area (Å²) in [5.41, 5.74) is 6.25. The van der Waals surface area contributed by atoms with Gasteiger partial charge in [0.15, 0.2) is 0 Å². The maximum atomic E-state index is 12.2. The van der Waals surface area contributed by atoms with Crippen LogP contribution < -0.4 is 15.4 Å². The van der Waals surface area contributed by atoms with Crippen LogP contribution >= 0.6 is 15.9 Å². The van der Waals surface area contributed by atoms with E-state index >= 15 is 0 Å². The zero-order chi connectivity index (χ0) is 18.6. The summed E-state index contributed by atoms with van der Waals surface area (Å²) < 4.78 is 25.7. The molecule has 0 aromatic heterocycles. The second-order valence-corrected chi connectivity index (χ2v) is 7.97. The van der Waals surface area contributed by atoms with Crippen molar-refractivity contribution in [2.24, 2.45) is 5.73 Å². The summed E-state index contributed by atoms with van der Waals surface area (Å²) in [4.78, 5) is 23.3. The van der Waals surface area contributed by atoms with Crippen molar-refractivity contribution in [3.63, 3.8) is 0 Å². The lowest BCUT2D eigenvalue weighted by atomic mass is 10.2. The molecule has 2 aromatic rings. The molecular formula is C16H16BrN3O4S. The van der Waals surface area contributed by atoms with Crippen LogP contribution in [0.5, 0.6) is 0 Å². The third-order valence-electron chi connectivity index (χ3n) is 3.26. The van der Waals surface area contributed by atoms with E-state index in [1.165, 1.54) is 24.3 Å². The number of nitrogens with zero attached hydrogens (tertiary/aromatic N) is 1. The molecule has 0 radical (unpaired) electrons. The molecule has 132 valence electrons. The lowest BCUT2D eigenvalue weighted by molar-refractivity contribution is -0.114. The summed E-state index contributed by atoms with van der Waals surface area (Å²) in [5, 5.41) is 2.59.